The van der Waals surface area contributed by atoms with E-state index in [4.69, 9.17) is 10.5 Å². The molecule has 0 bridgehead atoms. The Morgan fingerprint density at radius 1 is 1.29 bits per heavy atom. The number of amides is 2. The van der Waals surface area contributed by atoms with Crippen molar-refractivity contribution in [3.63, 3.8) is 0 Å². The number of anilines is 1. The van der Waals surface area contributed by atoms with E-state index in [9.17, 15) is 18.0 Å². The molecule has 35 heavy (non-hydrogen) atoms. The van der Waals surface area contributed by atoms with E-state index in [1.807, 2.05) is 0 Å². The molecule has 1 atom stereocenters. The number of thiophene rings is 1. The predicted octanol–water partition coefficient (Wildman–Crippen LogP) is 2.67. The van der Waals surface area contributed by atoms with Gasteiger partial charge in [0.15, 0.2) is 0 Å². The lowest BCUT2D eigenvalue weighted by molar-refractivity contribution is 0.0978. The molecule has 3 N–H and O–H groups in total. The summed E-state index contributed by atoms with van der Waals surface area (Å²) in [6.45, 7) is 6.73. The molecular formula is C24H32N4O5S2. The number of nitrogens with one attached hydrogen (secondary N) is 1. The van der Waals surface area contributed by atoms with Crippen LogP contribution in [0.1, 0.15) is 57.8 Å². The van der Waals surface area contributed by atoms with Crippen LogP contribution in [0.15, 0.2) is 29.2 Å². The lowest BCUT2D eigenvalue weighted by Crippen LogP contribution is -2.35. The quantitative estimate of drug-likeness (QED) is 0.552. The van der Waals surface area contributed by atoms with Gasteiger partial charge in [0.2, 0.25) is 10.0 Å². The topological polar surface area (TPSA) is 122 Å². The van der Waals surface area contributed by atoms with Crippen LogP contribution in [-0.2, 0) is 27.7 Å². The first-order valence-corrected chi connectivity index (χ1v) is 14.0. The number of nitrogens with zero attached hydrogens (tertiary/aromatic N) is 2. The molecule has 3 heterocycles. The molecule has 11 heteroatoms. The second-order valence-electron chi connectivity index (χ2n) is 9.29. The average molecular weight is 521 g/mol. The van der Waals surface area contributed by atoms with E-state index in [-0.39, 0.29) is 23.1 Å². The number of ether oxygens (including phenoxy) is 1. The molecule has 0 aliphatic carbocycles. The lowest BCUT2D eigenvalue weighted by Gasteiger charge is -2.30. The van der Waals surface area contributed by atoms with Gasteiger partial charge in [-0.1, -0.05) is 0 Å². The van der Waals surface area contributed by atoms with Gasteiger partial charge in [-0.05, 0) is 62.9 Å². The van der Waals surface area contributed by atoms with Crippen molar-refractivity contribution in [3.05, 3.63) is 45.8 Å². The Kier molecular flexibility index (Phi) is 7.62. The summed E-state index contributed by atoms with van der Waals surface area (Å²) in [5.74, 6) is -0.991. The average Bonchev–Trinajstić information content (AvgIpc) is 3.45. The maximum absolute atomic E-state index is 13.0. The molecule has 9 nitrogen and oxygen atoms in total. The number of primary amides is 1. The second kappa shape index (κ2) is 10.4. The summed E-state index contributed by atoms with van der Waals surface area (Å²) in [5.41, 5.74) is 7.24. The summed E-state index contributed by atoms with van der Waals surface area (Å²) in [5, 5.41) is 3.26. The number of benzene rings is 1. The largest absolute Gasteiger partial charge is 0.377 e. The minimum Gasteiger partial charge on any atom is -0.377 e. The molecule has 1 aromatic carbocycles. The first kappa shape index (κ1) is 25.8. The Morgan fingerprint density at radius 2 is 2.00 bits per heavy atom. The van der Waals surface area contributed by atoms with Crippen molar-refractivity contribution >= 4 is 38.2 Å². The van der Waals surface area contributed by atoms with Crippen LogP contribution in [0.5, 0.6) is 0 Å². The van der Waals surface area contributed by atoms with E-state index in [1.165, 1.54) is 47.0 Å². The SMILES string of the molecule is CC(C)N1CCc2c(sc(NC(=O)c3ccc(S(=O)(=O)N(C)C[C@@H]4CCCO4)cc3)c2C(N)=O)C1. The molecule has 1 saturated heterocycles. The Morgan fingerprint density at radius 3 is 2.60 bits per heavy atom. The van der Waals surface area contributed by atoms with Crippen molar-refractivity contribution in [2.45, 2.75) is 56.7 Å². The zero-order valence-corrected chi connectivity index (χ0v) is 21.9. The highest BCUT2D eigenvalue weighted by molar-refractivity contribution is 7.89. The third-order valence-corrected chi connectivity index (χ3v) is 9.57. The van der Waals surface area contributed by atoms with Gasteiger partial charge in [-0.3, -0.25) is 14.5 Å². The first-order valence-electron chi connectivity index (χ1n) is 11.8. The van der Waals surface area contributed by atoms with Crippen LogP contribution < -0.4 is 11.1 Å². The Bertz CT molecular complexity index is 1200. The lowest BCUT2D eigenvalue weighted by atomic mass is 10.0. The zero-order chi connectivity index (χ0) is 25.3. The molecule has 1 fully saturated rings. The maximum Gasteiger partial charge on any atom is 0.256 e. The number of sulfonamides is 1. The fourth-order valence-corrected chi connectivity index (χ4v) is 7.00. The van der Waals surface area contributed by atoms with Gasteiger partial charge in [-0.15, -0.1) is 11.3 Å². The number of carbonyl (C=O) groups excluding carboxylic acids is 2. The molecule has 2 amide bonds. The summed E-state index contributed by atoms with van der Waals surface area (Å²) < 4.78 is 32.7. The fraction of sp³-hybridized carbons (Fsp3) is 0.500. The smallest absolute Gasteiger partial charge is 0.256 e. The van der Waals surface area contributed by atoms with E-state index in [2.05, 4.69) is 24.1 Å². The molecule has 1 aromatic heterocycles. The maximum atomic E-state index is 13.0. The van der Waals surface area contributed by atoms with Gasteiger partial charge in [0, 0.05) is 49.8 Å². The van der Waals surface area contributed by atoms with Crippen molar-refractivity contribution < 1.29 is 22.7 Å². The Labute approximate surface area is 210 Å². The van der Waals surface area contributed by atoms with Gasteiger partial charge in [0.05, 0.1) is 16.6 Å². The molecule has 190 valence electrons. The molecule has 0 saturated carbocycles. The van der Waals surface area contributed by atoms with Crippen LogP contribution >= 0.6 is 11.3 Å². The Balaban J connectivity index is 1.49. The van der Waals surface area contributed by atoms with Gasteiger partial charge >= 0.3 is 0 Å². The van der Waals surface area contributed by atoms with Crippen LogP contribution in [-0.4, -0.2) is 68.3 Å². The molecular weight excluding hydrogens is 488 g/mol. The number of rotatable bonds is 8. The van der Waals surface area contributed by atoms with E-state index < -0.39 is 21.8 Å². The normalized spacial score (nSPS) is 18.7. The molecule has 2 aliphatic heterocycles. The van der Waals surface area contributed by atoms with Crippen molar-refractivity contribution in [2.24, 2.45) is 5.73 Å². The minimum absolute atomic E-state index is 0.0940. The standard InChI is InChI=1S/C24H32N4O5S2/c1-15(2)28-11-10-19-20(14-28)34-24(21(19)22(25)29)26-23(30)16-6-8-18(9-7-16)35(31,32)27(3)13-17-5-4-12-33-17/h6-9,15,17H,4-5,10-14H2,1-3H3,(H2,25,29)(H,26,30)/t17-/m0/s1. The van der Waals surface area contributed by atoms with Gasteiger partial charge in [0.1, 0.15) is 5.00 Å². The number of nitrogens with two attached hydrogens (primary N) is 1. The second-order valence-corrected chi connectivity index (χ2v) is 12.4. The van der Waals surface area contributed by atoms with Crippen molar-refractivity contribution in [1.82, 2.24) is 9.21 Å². The van der Waals surface area contributed by atoms with Crippen LogP contribution in [0.25, 0.3) is 0 Å². The summed E-state index contributed by atoms with van der Waals surface area (Å²) in [6.07, 6.45) is 2.38. The third kappa shape index (κ3) is 5.44. The summed E-state index contributed by atoms with van der Waals surface area (Å²) >= 11 is 1.37. The van der Waals surface area contributed by atoms with E-state index >= 15 is 0 Å². The van der Waals surface area contributed by atoms with Gasteiger partial charge < -0.3 is 15.8 Å². The number of carbonyl (C=O) groups is 2. The van der Waals surface area contributed by atoms with Gasteiger partial charge in [-0.25, -0.2) is 8.42 Å². The first-order chi connectivity index (χ1) is 16.6. The van der Waals surface area contributed by atoms with Crippen LogP contribution in [0.3, 0.4) is 0 Å². The molecule has 2 aliphatic rings. The zero-order valence-electron chi connectivity index (χ0n) is 20.2. The fourth-order valence-electron chi connectivity index (χ4n) is 4.52. The number of hydrogen-bond acceptors (Lipinski definition) is 7. The number of hydrogen-bond donors (Lipinski definition) is 2. The highest BCUT2D eigenvalue weighted by Crippen LogP contribution is 2.37. The summed E-state index contributed by atoms with van der Waals surface area (Å²) in [7, 11) is -2.17. The predicted molar refractivity (Wildman–Crippen MR) is 135 cm³/mol. The van der Waals surface area contributed by atoms with Crippen LogP contribution in [0.4, 0.5) is 5.00 Å². The molecule has 4 rings (SSSR count). The van der Waals surface area contributed by atoms with Crippen LogP contribution in [0.2, 0.25) is 0 Å². The van der Waals surface area contributed by atoms with E-state index in [0.29, 0.717) is 36.2 Å². The molecule has 0 unspecified atom stereocenters. The van der Waals surface area contributed by atoms with Gasteiger partial charge in [-0.2, -0.15) is 4.31 Å². The van der Waals surface area contributed by atoms with Crippen LogP contribution in [0, 0.1) is 0 Å². The highest BCUT2D eigenvalue weighted by atomic mass is 32.2. The minimum atomic E-state index is -3.70. The van der Waals surface area contributed by atoms with E-state index in [1.54, 1.807) is 0 Å². The monoisotopic (exact) mass is 520 g/mol. The van der Waals surface area contributed by atoms with Crippen molar-refractivity contribution in [3.8, 4) is 0 Å². The number of likely N-dealkylation sites (N-methyl/N-ethyl adjacent to an activating group) is 1. The Hall–Kier alpha value is -2.31. The summed E-state index contributed by atoms with van der Waals surface area (Å²) in [6, 6.07) is 6.16. The van der Waals surface area contributed by atoms with Gasteiger partial charge in [0.25, 0.3) is 11.8 Å². The molecule has 0 radical (unpaired) electrons. The van der Waals surface area contributed by atoms with Crippen molar-refractivity contribution in [1.29, 1.82) is 0 Å². The number of fused-ring (bicyclic) bond motifs is 1. The molecule has 0 spiro atoms. The third-order valence-electron chi connectivity index (χ3n) is 6.60. The van der Waals surface area contributed by atoms with Crippen molar-refractivity contribution in [2.75, 3.05) is 32.1 Å². The summed E-state index contributed by atoms with van der Waals surface area (Å²) in [4.78, 5) is 28.6. The molecule has 2 aromatic rings. The van der Waals surface area contributed by atoms with E-state index in [0.717, 1.165) is 29.8 Å². The highest BCUT2D eigenvalue weighted by Gasteiger charge is 2.29.